The third-order valence-electron chi connectivity index (χ3n) is 5.91. The smallest absolute Gasteiger partial charge is 0.254 e. The maximum atomic E-state index is 13.6. The number of likely N-dealkylation sites (N-methyl/N-ethyl adjacent to an activating group) is 1. The first-order valence-electron chi connectivity index (χ1n) is 11.7. The lowest BCUT2D eigenvalue weighted by Gasteiger charge is -2.20. The predicted molar refractivity (Wildman–Crippen MR) is 133 cm³/mol. The van der Waals surface area contributed by atoms with Gasteiger partial charge >= 0.3 is 0 Å². The molecule has 5 rings (SSSR count). The van der Waals surface area contributed by atoms with E-state index in [0.717, 1.165) is 16.7 Å². The first kappa shape index (κ1) is 22.7. The van der Waals surface area contributed by atoms with Crippen LogP contribution in [0.2, 0.25) is 0 Å². The molecule has 0 bridgehead atoms. The number of carbonyl (C=O) groups excluding carboxylic acids is 1. The fourth-order valence-electron chi connectivity index (χ4n) is 4.05. The van der Waals surface area contributed by atoms with Gasteiger partial charge in [0.25, 0.3) is 5.91 Å². The Kier molecular flexibility index (Phi) is 6.27. The first-order valence-corrected chi connectivity index (χ1v) is 11.7. The van der Waals surface area contributed by atoms with Crippen molar-refractivity contribution in [3.63, 3.8) is 0 Å². The summed E-state index contributed by atoms with van der Waals surface area (Å²) >= 11 is 0. The lowest BCUT2D eigenvalue weighted by molar-refractivity contribution is 0.0775. The lowest BCUT2D eigenvalue weighted by atomic mass is 10.1. The summed E-state index contributed by atoms with van der Waals surface area (Å²) in [7, 11) is 1.78. The summed E-state index contributed by atoms with van der Waals surface area (Å²) in [4.78, 5) is 20.1. The number of rotatable bonds is 7. The second kappa shape index (κ2) is 9.66. The molecule has 8 nitrogen and oxygen atoms in total. The van der Waals surface area contributed by atoms with Crippen molar-refractivity contribution in [2.45, 2.75) is 19.9 Å². The summed E-state index contributed by atoms with van der Waals surface area (Å²) in [6.45, 7) is 5.94. The van der Waals surface area contributed by atoms with Crippen molar-refractivity contribution in [2.24, 2.45) is 0 Å². The molecule has 0 fully saturated rings. The minimum absolute atomic E-state index is 0.0930. The Labute approximate surface area is 204 Å². The number of nitrogens with zero attached hydrogens (tertiary/aromatic N) is 4. The molecular weight excluding hydrogens is 444 g/mol. The van der Waals surface area contributed by atoms with Gasteiger partial charge in [-0.15, -0.1) is 0 Å². The van der Waals surface area contributed by atoms with E-state index in [4.69, 9.17) is 19.2 Å². The van der Waals surface area contributed by atoms with Crippen molar-refractivity contribution >= 4 is 16.9 Å². The molecule has 0 N–H and O–H groups in total. The minimum Gasteiger partial charge on any atom is -0.492 e. The number of para-hydroxylation sites is 1. The molecule has 4 aromatic rings. The zero-order valence-corrected chi connectivity index (χ0v) is 20.1. The second-order valence-corrected chi connectivity index (χ2v) is 8.72. The van der Waals surface area contributed by atoms with Crippen molar-refractivity contribution in [3.8, 4) is 28.5 Å². The maximum Gasteiger partial charge on any atom is 0.254 e. The van der Waals surface area contributed by atoms with Crippen LogP contribution >= 0.6 is 0 Å². The predicted octanol–water partition coefficient (Wildman–Crippen LogP) is 4.60. The van der Waals surface area contributed by atoms with Crippen molar-refractivity contribution in [3.05, 3.63) is 66.4 Å². The molecule has 0 saturated heterocycles. The molecule has 0 saturated carbocycles. The van der Waals surface area contributed by atoms with E-state index in [1.54, 1.807) is 18.1 Å². The molecule has 0 atom stereocenters. The highest BCUT2D eigenvalue weighted by molar-refractivity contribution is 6.06. The molecule has 2 aromatic carbocycles. The van der Waals surface area contributed by atoms with Gasteiger partial charge in [-0.3, -0.25) is 4.79 Å². The highest BCUT2D eigenvalue weighted by Crippen LogP contribution is 2.35. The number of benzene rings is 2. The van der Waals surface area contributed by atoms with Crippen LogP contribution in [-0.2, 0) is 0 Å². The maximum absolute atomic E-state index is 13.6. The van der Waals surface area contributed by atoms with E-state index in [9.17, 15) is 4.79 Å². The number of amides is 1. The van der Waals surface area contributed by atoms with Gasteiger partial charge in [0.2, 0.25) is 0 Å². The average molecular weight is 473 g/mol. The summed E-state index contributed by atoms with van der Waals surface area (Å²) in [6.07, 6.45) is 1.72. The molecule has 0 radical (unpaired) electrons. The third-order valence-corrected chi connectivity index (χ3v) is 5.91. The zero-order chi connectivity index (χ0) is 24.4. The number of aromatic nitrogens is 3. The SMILES string of the molecule is CC(C)n1ncc2c(C(=O)N(C)CCOc3ccccc3)cc(-c3ccc4c(c3)OCCO4)nc21. The van der Waals surface area contributed by atoms with Gasteiger partial charge in [-0.1, -0.05) is 18.2 Å². The fourth-order valence-corrected chi connectivity index (χ4v) is 4.05. The number of carbonyl (C=O) groups is 1. The number of pyridine rings is 1. The van der Waals surface area contributed by atoms with Crippen LogP contribution in [-0.4, -0.2) is 59.0 Å². The van der Waals surface area contributed by atoms with E-state index in [2.05, 4.69) is 5.10 Å². The molecule has 8 heteroatoms. The topological polar surface area (TPSA) is 78.7 Å². The normalized spacial score (nSPS) is 12.7. The van der Waals surface area contributed by atoms with Gasteiger partial charge < -0.3 is 19.1 Å². The van der Waals surface area contributed by atoms with Gasteiger partial charge in [0.1, 0.15) is 25.6 Å². The molecule has 180 valence electrons. The standard InChI is InChI=1S/C27H28N4O4/c1-18(2)31-26-22(17-28-31)21(27(32)30(3)11-12-33-20-7-5-4-6-8-20)16-23(29-26)19-9-10-24-25(15-19)35-14-13-34-24/h4-10,15-18H,11-14H2,1-3H3. The fraction of sp³-hybridized carbons (Fsp3) is 0.296. The number of hydrogen-bond donors (Lipinski definition) is 0. The lowest BCUT2D eigenvalue weighted by Crippen LogP contribution is -2.31. The van der Waals surface area contributed by atoms with E-state index >= 15 is 0 Å². The molecule has 0 aliphatic carbocycles. The Morgan fingerprint density at radius 1 is 1.09 bits per heavy atom. The van der Waals surface area contributed by atoms with Gasteiger partial charge in [0.05, 0.1) is 29.4 Å². The summed E-state index contributed by atoms with van der Waals surface area (Å²) < 4.78 is 19.0. The molecule has 3 heterocycles. The quantitative estimate of drug-likeness (QED) is 0.391. The van der Waals surface area contributed by atoms with Crippen LogP contribution in [0.3, 0.4) is 0 Å². The van der Waals surface area contributed by atoms with Crippen LogP contribution in [0.5, 0.6) is 17.2 Å². The summed E-state index contributed by atoms with van der Waals surface area (Å²) in [5.41, 5.74) is 2.74. The van der Waals surface area contributed by atoms with E-state index < -0.39 is 0 Å². The Bertz CT molecular complexity index is 1350. The monoisotopic (exact) mass is 472 g/mol. The second-order valence-electron chi connectivity index (χ2n) is 8.72. The van der Waals surface area contributed by atoms with Crippen LogP contribution in [0.4, 0.5) is 0 Å². The minimum atomic E-state index is -0.115. The van der Waals surface area contributed by atoms with Crippen LogP contribution in [0.15, 0.2) is 60.8 Å². The van der Waals surface area contributed by atoms with Crippen molar-refractivity contribution in [1.82, 2.24) is 19.7 Å². The van der Waals surface area contributed by atoms with E-state index in [1.807, 2.05) is 73.1 Å². The highest BCUT2D eigenvalue weighted by Gasteiger charge is 2.22. The van der Waals surface area contributed by atoms with Gasteiger partial charge in [-0.25, -0.2) is 9.67 Å². The van der Waals surface area contributed by atoms with Crippen LogP contribution in [0.1, 0.15) is 30.2 Å². The van der Waals surface area contributed by atoms with Crippen LogP contribution < -0.4 is 14.2 Å². The molecule has 1 amide bonds. The Morgan fingerprint density at radius 3 is 2.63 bits per heavy atom. The summed E-state index contributed by atoms with van der Waals surface area (Å²) in [5, 5.41) is 5.24. The van der Waals surface area contributed by atoms with Crippen molar-refractivity contribution in [2.75, 3.05) is 33.4 Å². The number of hydrogen-bond acceptors (Lipinski definition) is 6. The molecule has 1 aliphatic rings. The van der Waals surface area contributed by atoms with Gasteiger partial charge in [-0.2, -0.15) is 5.10 Å². The van der Waals surface area contributed by atoms with Crippen molar-refractivity contribution < 1.29 is 19.0 Å². The third kappa shape index (κ3) is 4.64. The average Bonchev–Trinajstić information content (AvgIpc) is 3.32. The molecule has 2 aromatic heterocycles. The van der Waals surface area contributed by atoms with E-state index in [1.165, 1.54) is 0 Å². The first-order chi connectivity index (χ1) is 17.0. The van der Waals surface area contributed by atoms with E-state index in [-0.39, 0.29) is 11.9 Å². The van der Waals surface area contributed by atoms with Crippen LogP contribution in [0.25, 0.3) is 22.3 Å². The largest absolute Gasteiger partial charge is 0.492 e. The Balaban J connectivity index is 1.47. The highest BCUT2D eigenvalue weighted by atomic mass is 16.6. The number of fused-ring (bicyclic) bond motifs is 2. The molecule has 35 heavy (non-hydrogen) atoms. The van der Waals surface area contributed by atoms with Gasteiger partial charge in [-0.05, 0) is 50.2 Å². The number of ether oxygens (including phenoxy) is 3. The molecule has 0 spiro atoms. The zero-order valence-electron chi connectivity index (χ0n) is 20.1. The Hall–Kier alpha value is -4.07. The van der Waals surface area contributed by atoms with Crippen LogP contribution in [0, 0.1) is 0 Å². The van der Waals surface area contributed by atoms with E-state index in [0.29, 0.717) is 54.8 Å². The Morgan fingerprint density at radius 2 is 1.86 bits per heavy atom. The van der Waals surface area contributed by atoms with Gasteiger partial charge in [0, 0.05) is 18.7 Å². The molecule has 1 aliphatic heterocycles. The molecular formula is C27H28N4O4. The summed E-state index contributed by atoms with van der Waals surface area (Å²) in [5.74, 6) is 2.05. The van der Waals surface area contributed by atoms with Crippen molar-refractivity contribution in [1.29, 1.82) is 0 Å². The summed E-state index contributed by atoms with van der Waals surface area (Å²) in [6, 6.07) is 17.2. The van der Waals surface area contributed by atoms with Gasteiger partial charge in [0.15, 0.2) is 17.1 Å². The molecule has 0 unspecified atom stereocenters.